The van der Waals surface area contributed by atoms with Gasteiger partial charge >= 0.3 is 33.2 Å². The molecule has 3 aromatic rings. The molecule has 0 saturated carbocycles. The van der Waals surface area contributed by atoms with Crippen LogP contribution in [-0.2, 0) is 12.9 Å². The molecule has 1 aliphatic heterocycles. The van der Waals surface area contributed by atoms with Crippen LogP contribution in [0.4, 0.5) is 11.4 Å². The number of aliphatic imine (C=N–C) groups is 2. The number of pyridine rings is 1. The Hall–Kier alpha value is -2.18. The maximum atomic E-state index is 5.16. The molecule has 0 radical (unpaired) electrons. The van der Waals surface area contributed by atoms with E-state index in [0.29, 0.717) is 30.6 Å². The fourth-order valence-corrected chi connectivity index (χ4v) is 4.57. The average molecular weight is 597 g/mol. The first-order chi connectivity index (χ1) is 18.2. The van der Waals surface area contributed by atoms with Crippen LogP contribution in [0.1, 0.15) is 82.8 Å². The third kappa shape index (κ3) is 7.47. The van der Waals surface area contributed by atoms with Crippen LogP contribution in [0.5, 0.6) is 0 Å². The van der Waals surface area contributed by atoms with Crippen molar-refractivity contribution in [3.05, 3.63) is 89.2 Å². The molecule has 1 aliphatic rings. The zero-order valence-electron chi connectivity index (χ0n) is 23.2. The van der Waals surface area contributed by atoms with Crippen LogP contribution in [0.25, 0.3) is 0 Å². The van der Waals surface area contributed by atoms with Crippen LogP contribution in [0, 0.1) is 5.92 Å². The summed E-state index contributed by atoms with van der Waals surface area (Å²) in [7, 11) is 9.47. The van der Waals surface area contributed by atoms with Crippen LogP contribution >= 0.6 is 20.3 Å². The average Bonchev–Trinajstić information content (AvgIpc) is 3.36. The molecule has 0 N–H and O–H groups in total. The number of nitrogens with zero attached hydrogens (tertiary/aromatic N) is 4. The van der Waals surface area contributed by atoms with Crippen LogP contribution < -0.4 is 4.90 Å². The Balaban J connectivity index is 0.00000127. The summed E-state index contributed by atoms with van der Waals surface area (Å²) in [6.07, 6.45) is 0. The van der Waals surface area contributed by atoms with Gasteiger partial charge in [-0.05, 0) is 60.1 Å². The molecule has 0 fully saturated rings. The van der Waals surface area contributed by atoms with Gasteiger partial charge in [0.2, 0.25) is 0 Å². The molecule has 0 saturated heterocycles. The third-order valence-electron chi connectivity index (χ3n) is 6.72. The topological polar surface area (TPSA) is 40.9 Å². The van der Waals surface area contributed by atoms with Gasteiger partial charge in [-0.3, -0.25) is 9.98 Å². The number of anilines is 1. The van der Waals surface area contributed by atoms with E-state index >= 15 is 0 Å². The van der Waals surface area contributed by atoms with Gasteiger partial charge in [0.1, 0.15) is 5.69 Å². The molecule has 0 bridgehead atoms. The van der Waals surface area contributed by atoms with E-state index in [1.165, 1.54) is 11.1 Å². The van der Waals surface area contributed by atoms with E-state index in [9.17, 15) is 0 Å². The number of aromatic nitrogens is 1. The molecule has 4 rings (SSSR count). The SMILES string of the molecule is CC(=Nc1c(C(C)C)cccc1C(C)C)c1cccc(C2=N[C@@H](C(C)C)CN2c2ccccc2)n1.[Cl][Co][Cl]. The molecule has 7 heteroatoms. The van der Waals surface area contributed by atoms with E-state index in [1.807, 2.05) is 0 Å². The van der Waals surface area contributed by atoms with Gasteiger partial charge in [0.05, 0.1) is 23.1 Å². The standard InChI is InChI=1S/C31H38N4.2ClH.Co/c1-20(2)25-15-11-16-26(21(3)4)30(25)32-23(7)27-17-12-18-28(33-27)31-34-29(22(5)6)19-35(31)24-13-9-8-10-14-24;;;/h8-18,20-22,29H,19H2,1-7H3;2*1H;/q;;;+2/p-2/t29-;;;/m1.../s1. The van der Waals surface area contributed by atoms with Crippen LogP contribution in [-0.4, -0.2) is 29.1 Å². The maximum absolute atomic E-state index is 5.16. The van der Waals surface area contributed by atoms with Crippen molar-refractivity contribution in [3.8, 4) is 0 Å². The number of halogens is 2. The molecule has 2 heterocycles. The summed E-state index contributed by atoms with van der Waals surface area (Å²) in [5.74, 6) is 2.21. The van der Waals surface area contributed by atoms with Crippen molar-refractivity contribution in [2.75, 3.05) is 11.4 Å². The first kappa shape index (κ1) is 30.4. The number of rotatable bonds is 7. The van der Waals surface area contributed by atoms with Gasteiger partial charge in [-0.2, -0.15) is 0 Å². The van der Waals surface area contributed by atoms with E-state index in [2.05, 4.69) is 120 Å². The molecular weight excluding hydrogens is 558 g/mol. The number of amidine groups is 1. The molecule has 1 atom stereocenters. The Morgan fingerprint density at radius 1 is 0.868 bits per heavy atom. The minimum absolute atomic E-state index is 0.247. The zero-order chi connectivity index (χ0) is 27.8. The first-order valence-corrected chi connectivity index (χ1v) is 15.9. The van der Waals surface area contributed by atoms with E-state index in [0.717, 1.165) is 40.9 Å². The summed E-state index contributed by atoms with van der Waals surface area (Å²) in [4.78, 5) is 17.6. The Morgan fingerprint density at radius 2 is 1.45 bits per heavy atom. The second-order valence-corrected chi connectivity index (χ2v) is 12.2. The Morgan fingerprint density at radius 3 is 2.00 bits per heavy atom. The summed E-state index contributed by atoms with van der Waals surface area (Å²) in [5, 5.41) is 0. The molecule has 4 nitrogen and oxygen atoms in total. The second-order valence-electron chi connectivity index (χ2n) is 10.5. The van der Waals surface area contributed by atoms with Gasteiger partial charge in [0, 0.05) is 12.2 Å². The van der Waals surface area contributed by atoms with Crippen molar-refractivity contribution >= 4 is 43.2 Å². The van der Waals surface area contributed by atoms with Gasteiger partial charge in [-0.1, -0.05) is 84.0 Å². The molecular formula is C31H38Cl2CoN4. The van der Waals surface area contributed by atoms with Gasteiger partial charge in [0.15, 0.2) is 5.84 Å². The van der Waals surface area contributed by atoms with Crippen LogP contribution in [0.3, 0.4) is 0 Å². The Labute approximate surface area is 243 Å². The van der Waals surface area contributed by atoms with Crippen LogP contribution in [0.15, 0.2) is 76.7 Å². The van der Waals surface area contributed by atoms with E-state index in [4.69, 9.17) is 35.3 Å². The van der Waals surface area contributed by atoms with Crippen molar-refractivity contribution < 1.29 is 12.9 Å². The van der Waals surface area contributed by atoms with Gasteiger partial charge in [-0.25, -0.2) is 4.98 Å². The molecule has 0 spiro atoms. The normalized spacial score (nSPS) is 15.8. The fourth-order valence-electron chi connectivity index (χ4n) is 4.57. The van der Waals surface area contributed by atoms with E-state index in [1.54, 1.807) is 0 Å². The fraction of sp³-hybridized carbons (Fsp3) is 0.387. The predicted molar refractivity (Wildman–Crippen MR) is 161 cm³/mol. The summed E-state index contributed by atoms with van der Waals surface area (Å²) in [6, 6.07) is 23.5. The molecule has 205 valence electrons. The molecule has 1 aromatic heterocycles. The summed E-state index contributed by atoms with van der Waals surface area (Å²) < 4.78 is 0. The number of hydrogen-bond acceptors (Lipinski definition) is 4. The van der Waals surface area contributed by atoms with Gasteiger partial charge < -0.3 is 4.90 Å². The van der Waals surface area contributed by atoms with Gasteiger partial charge in [-0.15, -0.1) is 0 Å². The summed E-state index contributed by atoms with van der Waals surface area (Å²) >= 11 is 0.382. The molecule has 38 heavy (non-hydrogen) atoms. The Kier molecular flexibility index (Phi) is 11.4. The number of hydrogen-bond donors (Lipinski definition) is 0. The number of para-hydroxylation sites is 2. The number of benzene rings is 2. The monoisotopic (exact) mass is 595 g/mol. The minimum atomic E-state index is 0.247. The molecule has 0 unspecified atom stereocenters. The van der Waals surface area contributed by atoms with Crippen LogP contribution in [0.2, 0.25) is 0 Å². The van der Waals surface area contributed by atoms with Crippen molar-refractivity contribution in [1.82, 2.24) is 4.98 Å². The second kappa shape index (κ2) is 14.3. The molecule has 0 amide bonds. The van der Waals surface area contributed by atoms with E-state index in [-0.39, 0.29) is 6.04 Å². The molecule has 2 aromatic carbocycles. The summed E-state index contributed by atoms with van der Waals surface area (Å²) in [6.45, 7) is 16.3. The quantitative estimate of drug-likeness (QED) is 0.255. The zero-order valence-corrected chi connectivity index (χ0v) is 25.8. The van der Waals surface area contributed by atoms with E-state index < -0.39 is 0 Å². The van der Waals surface area contributed by atoms with Crippen molar-refractivity contribution in [2.45, 2.75) is 66.3 Å². The van der Waals surface area contributed by atoms with Gasteiger partial charge in [0.25, 0.3) is 0 Å². The summed E-state index contributed by atoms with van der Waals surface area (Å²) in [5.41, 5.74) is 7.51. The third-order valence-corrected chi connectivity index (χ3v) is 6.72. The van der Waals surface area contributed by atoms with Crippen molar-refractivity contribution in [1.29, 1.82) is 0 Å². The van der Waals surface area contributed by atoms with Crippen molar-refractivity contribution in [3.63, 3.8) is 0 Å². The first-order valence-electron chi connectivity index (χ1n) is 13.1. The predicted octanol–water partition coefficient (Wildman–Crippen LogP) is 9.14. The van der Waals surface area contributed by atoms with Crippen molar-refractivity contribution in [2.24, 2.45) is 15.9 Å². The molecule has 0 aliphatic carbocycles. The Bertz CT molecular complexity index is 1230.